The minimum atomic E-state index is 0.678. The minimum absolute atomic E-state index is 0.678. The first-order chi connectivity index (χ1) is 5.86. The van der Waals surface area contributed by atoms with Crippen LogP contribution >= 0.6 is 11.3 Å². The highest BCUT2D eigenvalue weighted by Gasteiger charge is 2.17. The Morgan fingerprint density at radius 2 is 2.58 bits per heavy atom. The quantitative estimate of drug-likeness (QED) is 0.717. The molecule has 0 amide bonds. The molecule has 0 radical (unpaired) electrons. The summed E-state index contributed by atoms with van der Waals surface area (Å²) in [5, 5.41) is 6.87. The summed E-state index contributed by atoms with van der Waals surface area (Å²) in [7, 11) is 0. The zero-order chi connectivity index (χ0) is 8.39. The van der Waals surface area contributed by atoms with Gasteiger partial charge in [0.05, 0.1) is 5.01 Å². The van der Waals surface area contributed by atoms with E-state index >= 15 is 0 Å². The number of thiazole rings is 1. The monoisotopic (exact) mass is 182 g/mol. The lowest BCUT2D eigenvalue weighted by molar-refractivity contribution is 0.460. The summed E-state index contributed by atoms with van der Waals surface area (Å²) in [5.41, 5.74) is 1.17. The van der Waals surface area contributed by atoms with Gasteiger partial charge in [-0.25, -0.2) is 4.98 Å². The van der Waals surface area contributed by atoms with Crippen molar-refractivity contribution in [2.45, 2.75) is 25.7 Å². The van der Waals surface area contributed by atoms with E-state index in [0.717, 1.165) is 6.54 Å². The number of aryl methyl sites for hydroxylation is 1. The van der Waals surface area contributed by atoms with E-state index in [0.29, 0.717) is 5.92 Å². The first-order valence-corrected chi connectivity index (χ1v) is 5.37. The highest BCUT2D eigenvalue weighted by atomic mass is 32.1. The third-order valence-corrected chi connectivity index (χ3v) is 3.41. The highest BCUT2D eigenvalue weighted by molar-refractivity contribution is 7.09. The molecule has 1 aromatic heterocycles. The molecule has 12 heavy (non-hydrogen) atoms. The van der Waals surface area contributed by atoms with Gasteiger partial charge in [0.15, 0.2) is 0 Å². The van der Waals surface area contributed by atoms with Crippen LogP contribution in [0.3, 0.4) is 0 Å². The summed E-state index contributed by atoms with van der Waals surface area (Å²) < 4.78 is 0. The van der Waals surface area contributed by atoms with Gasteiger partial charge < -0.3 is 5.32 Å². The van der Waals surface area contributed by atoms with Crippen LogP contribution in [-0.4, -0.2) is 18.1 Å². The molecule has 1 aromatic rings. The van der Waals surface area contributed by atoms with E-state index in [1.54, 1.807) is 11.3 Å². The normalized spacial score (nSPS) is 24.2. The summed E-state index contributed by atoms with van der Waals surface area (Å²) in [5.74, 6) is 0.678. The van der Waals surface area contributed by atoms with Crippen molar-refractivity contribution in [3.8, 4) is 0 Å². The predicted molar refractivity (Wildman–Crippen MR) is 51.7 cm³/mol. The second-order valence-corrected chi connectivity index (χ2v) is 4.26. The van der Waals surface area contributed by atoms with Crippen molar-refractivity contribution in [1.29, 1.82) is 0 Å². The van der Waals surface area contributed by atoms with Crippen LogP contribution in [-0.2, 0) is 0 Å². The van der Waals surface area contributed by atoms with E-state index in [2.05, 4.69) is 22.6 Å². The Morgan fingerprint density at radius 1 is 1.67 bits per heavy atom. The third kappa shape index (κ3) is 1.67. The van der Waals surface area contributed by atoms with E-state index in [1.165, 1.54) is 30.1 Å². The molecule has 1 N–H and O–H groups in total. The van der Waals surface area contributed by atoms with Crippen LogP contribution in [0.15, 0.2) is 5.38 Å². The molecule has 0 aromatic carbocycles. The van der Waals surface area contributed by atoms with Crippen molar-refractivity contribution in [3.63, 3.8) is 0 Å². The van der Waals surface area contributed by atoms with Crippen LogP contribution in [0.4, 0.5) is 0 Å². The van der Waals surface area contributed by atoms with Gasteiger partial charge in [-0.05, 0) is 26.3 Å². The second kappa shape index (κ2) is 3.54. The number of nitrogens with zero attached hydrogens (tertiary/aromatic N) is 1. The average Bonchev–Trinajstić information content (AvgIpc) is 2.54. The van der Waals surface area contributed by atoms with E-state index in [9.17, 15) is 0 Å². The van der Waals surface area contributed by atoms with Crippen LogP contribution in [0, 0.1) is 6.92 Å². The first kappa shape index (κ1) is 8.20. The fourth-order valence-corrected chi connectivity index (χ4v) is 2.56. The Hall–Kier alpha value is -0.410. The summed E-state index contributed by atoms with van der Waals surface area (Å²) in [4.78, 5) is 4.51. The van der Waals surface area contributed by atoms with E-state index in [4.69, 9.17) is 0 Å². The summed E-state index contributed by atoms with van der Waals surface area (Å²) in [6.07, 6.45) is 2.60. The van der Waals surface area contributed by atoms with E-state index < -0.39 is 0 Å². The molecule has 1 atom stereocenters. The van der Waals surface area contributed by atoms with Crippen LogP contribution in [0.25, 0.3) is 0 Å². The number of hydrogen-bond acceptors (Lipinski definition) is 3. The second-order valence-electron chi connectivity index (χ2n) is 3.37. The van der Waals surface area contributed by atoms with Gasteiger partial charge in [0.1, 0.15) is 0 Å². The Balaban J connectivity index is 2.08. The standard InChI is InChI=1S/C9H14N2S/c1-7-6-12-9(11-7)8-3-2-4-10-5-8/h6,8,10H,2-5H2,1H3. The van der Waals surface area contributed by atoms with Crippen molar-refractivity contribution in [2.75, 3.05) is 13.1 Å². The molecular formula is C9H14N2S. The zero-order valence-corrected chi connectivity index (χ0v) is 8.16. The molecule has 1 unspecified atom stereocenters. The molecule has 3 heteroatoms. The maximum absolute atomic E-state index is 4.51. The van der Waals surface area contributed by atoms with Gasteiger partial charge in [-0.3, -0.25) is 0 Å². The van der Waals surface area contributed by atoms with Gasteiger partial charge in [0.25, 0.3) is 0 Å². The van der Waals surface area contributed by atoms with Crippen molar-refractivity contribution >= 4 is 11.3 Å². The van der Waals surface area contributed by atoms with Crippen molar-refractivity contribution in [2.24, 2.45) is 0 Å². The fraction of sp³-hybridized carbons (Fsp3) is 0.667. The van der Waals surface area contributed by atoms with Gasteiger partial charge in [-0.1, -0.05) is 0 Å². The third-order valence-electron chi connectivity index (χ3n) is 2.28. The zero-order valence-electron chi connectivity index (χ0n) is 7.34. The molecule has 1 aliphatic rings. The van der Waals surface area contributed by atoms with E-state index in [-0.39, 0.29) is 0 Å². The topological polar surface area (TPSA) is 24.9 Å². The Bertz CT molecular complexity index is 251. The summed E-state index contributed by atoms with van der Waals surface area (Å²) >= 11 is 1.80. The van der Waals surface area contributed by atoms with Crippen LogP contribution in [0.1, 0.15) is 29.5 Å². The largest absolute Gasteiger partial charge is 0.316 e. The lowest BCUT2D eigenvalue weighted by Crippen LogP contribution is -2.28. The summed E-state index contributed by atoms with van der Waals surface area (Å²) in [6.45, 7) is 4.37. The number of aromatic nitrogens is 1. The van der Waals surface area contributed by atoms with Crippen molar-refractivity contribution in [3.05, 3.63) is 16.1 Å². The van der Waals surface area contributed by atoms with Crippen molar-refractivity contribution in [1.82, 2.24) is 10.3 Å². The number of nitrogens with one attached hydrogen (secondary N) is 1. The first-order valence-electron chi connectivity index (χ1n) is 4.49. The molecule has 0 saturated carbocycles. The SMILES string of the molecule is Cc1csc(C2CCCNC2)n1. The molecule has 0 spiro atoms. The maximum Gasteiger partial charge on any atom is 0.0971 e. The fourth-order valence-electron chi connectivity index (χ4n) is 1.62. The maximum atomic E-state index is 4.51. The van der Waals surface area contributed by atoms with Crippen LogP contribution < -0.4 is 5.32 Å². The number of hydrogen-bond donors (Lipinski definition) is 1. The molecule has 1 aliphatic heterocycles. The Morgan fingerprint density at radius 3 is 3.17 bits per heavy atom. The molecule has 2 nitrogen and oxygen atoms in total. The van der Waals surface area contributed by atoms with Gasteiger partial charge >= 0.3 is 0 Å². The highest BCUT2D eigenvalue weighted by Crippen LogP contribution is 2.25. The molecule has 0 bridgehead atoms. The smallest absolute Gasteiger partial charge is 0.0971 e. The molecule has 1 saturated heterocycles. The van der Waals surface area contributed by atoms with Gasteiger partial charge in [-0.15, -0.1) is 11.3 Å². The van der Waals surface area contributed by atoms with Crippen molar-refractivity contribution < 1.29 is 0 Å². The minimum Gasteiger partial charge on any atom is -0.316 e. The van der Waals surface area contributed by atoms with Crippen LogP contribution in [0.5, 0.6) is 0 Å². The Labute approximate surface area is 77.0 Å². The predicted octanol–water partition coefficient (Wildman–Crippen LogP) is 1.92. The number of rotatable bonds is 1. The Kier molecular flexibility index (Phi) is 2.42. The molecule has 2 heterocycles. The molecule has 1 fully saturated rings. The molecule has 66 valence electrons. The van der Waals surface area contributed by atoms with Gasteiger partial charge in [0.2, 0.25) is 0 Å². The number of piperidine rings is 1. The lowest BCUT2D eigenvalue weighted by atomic mass is 10.0. The lowest BCUT2D eigenvalue weighted by Gasteiger charge is -2.20. The van der Waals surface area contributed by atoms with E-state index in [1.807, 2.05) is 0 Å². The summed E-state index contributed by atoms with van der Waals surface area (Å²) in [6, 6.07) is 0. The van der Waals surface area contributed by atoms with Gasteiger partial charge in [0, 0.05) is 23.5 Å². The van der Waals surface area contributed by atoms with Gasteiger partial charge in [-0.2, -0.15) is 0 Å². The average molecular weight is 182 g/mol. The van der Waals surface area contributed by atoms with Crippen LogP contribution in [0.2, 0.25) is 0 Å². The molecule has 2 rings (SSSR count). The molecule has 0 aliphatic carbocycles. The molecular weight excluding hydrogens is 168 g/mol.